The van der Waals surface area contributed by atoms with Crippen LogP contribution in [0.2, 0.25) is 10.0 Å². The number of likely N-dealkylation sites (tertiary alicyclic amines) is 1. The molecule has 2 N–H and O–H groups in total. The van der Waals surface area contributed by atoms with Gasteiger partial charge in [0.1, 0.15) is 5.03 Å². The van der Waals surface area contributed by atoms with Crippen molar-refractivity contribution in [2.75, 3.05) is 18.8 Å². The molecular formula is C20H21Cl2N3O3S. The highest BCUT2D eigenvalue weighted by atomic mass is 35.5. The normalized spacial score (nSPS) is 15.2. The summed E-state index contributed by atoms with van der Waals surface area (Å²) in [5.41, 5.74) is 1.23. The summed E-state index contributed by atoms with van der Waals surface area (Å²) < 4.78 is 0. The molecule has 0 radical (unpaired) electrons. The highest BCUT2D eigenvalue weighted by Crippen LogP contribution is 2.24. The van der Waals surface area contributed by atoms with E-state index in [1.807, 2.05) is 12.1 Å². The molecule has 2 heterocycles. The van der Waals surface area contributed by atoms with E-state index in [0.717, 1.165) is 49.8 Å². The highest BCUT2D eigenvalue weighted by Gasteiger charge is 2.21. The lowest BCUT2D eigenvalue weighted by Crippen LogP contribution is -2.44. The number of nitrogens with zero attached hydrogens (tertiary/aromatic N) is 2. The van der Waals surface area contributed by atoms with Gasteiger partial charge in [-0.15, -0.1) is 0 Å². The van der Waals surface area contributed by atoms with Crippen molar-refractivity contribution in [3.05, 3.63) is 57.7 Å². The number of thioether (sulfide) groups is 1. The van der Waals surface area contributed by atoms with Crippen LogP contribution in [0.15, 0.2) is 41.6 Å². The smallest absolute Gasteiger partial charge is 0.338 e. The summed E-state index contributed by atoms with van der Waals surface area (Å²) in [4.78, 5) is 29.8. The van der Waals surface area contributed by atoms with Crippen LogP contribution in [-0.2, 0) is 11.3 Å². The highest BCUT2D eigenvalue weighted by molar-refractivity contribution is 8.00. The molecule has 154 valence electrons. The summed E-state index contributed by atoms with van der Waals surface area (Å²) in [6, 6.07) is 8.84. The van der Waals surface area contributed by atoms with E-state index in [9.17, 15) is 14.7 Å². The number of carboxylic acids is 1. The Morgan fingerprint density at radius 2 is 1.97 bits per heavy atom. The van der Waals surface area contributed by atoms with E-state index in [4.69, 9.17) is 23.2 Å². The van der Waals surface area contributed by atoms with Crippen molar-refractivity contribution in [1.82, 2.24) is 15.2 Å². The van der Waals surface area contributed by atoms with Gasteiger partial charge in [0, 0.05) is 31.9 Å². The standard InChI is InChI=1S/C20H21Cl2N3O3S/c21-16-4-3-13(10-17(16)22)11-25-8-5-14(6-9-25)24-18(26)12-29-19-15(20(27)28)2-1-7-23-19/h1-4,7,10,14H,5-6,8-9,11-12H2,(H,24,26)(H,27,28). The Morgan fingerprint density at radius 1 is 1.21 bits per heavy atom. The Balaban J connectivity index is 1.43. The van der Waals surface area contributed by atoms with Gasteiger partial charge in [0.2, 0.25) is 5.91 Å². The van der Waals surface area contributed by atoms with Crippen LogP contribution in [0.25, 0.3) is 0 Å². The average molecular weight is 454 g/mol. The van der Waals surface area contributed by atoms with Crippen molar-refractivity contribution >= 4 is 46.8 Å². The van der Waals surface area contributed by atoms with Crippen LogP contribution in [-0.4, -0.2) is 51.8 Å². The van der Waals surface area contributed by atoms with Crippen molar-refractivity contribution in [3.63, 3.8) is 0 Å². The third-order valence-corrected chi connectivity index (χ3v) is 6.43. The molecule has 29 heavy (non-hydrogen) atoms. The molecule has 1 saturated heterocycles. The Bertz CT molecular complexity index is 889. The second-order valence-electron chi connectivity index (χ2n) is 6.82. The summed E-state index contributed by atoms with van der Waals surface area (Å²) in [7, 11) is 0. The number of halogens is 2. The Kier molecular flexibility index (Phi) is 7.77. The molecule has 0 spiro atoms. The number of aromatic nitrogens is 1. The van der Waals surface area contributed by atoms with Gasteiger partial charge in [-0.1, -0.05) is 41.0 Å². The van der Waals surface area contributed by atoms with Crippen molar-refractivity contribution < 1.29 is 14.7 Å². The third-order valence-electron chi connectivity index (χ3n) is 4.68. The number of carboxylic acid groups (broad SMARTS) is 1. The Hall–Kier alpha value is -1.80. The van der Waals surface area contributed by atoms with Gasteiger partial charge in [-0.3, -0.25) is 9.69 Å². The molecule has 9 heteroatoms. The van der Waals surface area contributed by atoms with Crippen LogP contribution in [0.3, 0.4) is 0 Å². The van der Waals surface area contributed by atoms with Gasteiger partial charge in [0.25, 0.3) is 0 Å². The lowest BCUT2D eigenvalue weighted by atomic mass is 10.0. The number of pyridine rings is 1. The maximum absolute atomic E-state index is 12.3. The molecule has 1 aromatic carbocycles. The van der Waals surface area contributed by atoms with Gasteiger partial charge in [0.05, 0.1) is 21.4 Å². The van der Waals surface area contributed by atoms with Crippen LogP contribution >= 0.6 is 35.0 Å². The zero-order chi connectivity index (χ0) is 20.8. The molecule has 1 fully saturated rings. The number of aromatic carboxylic acids is 1. The van der Waals surface area contributed by atoms with Gasteiger partial charge >= 0.3 is 5.97 Å². The minimum atomic E-state index is -1.05. The van der Waals surface area contributed by atoms with E-state index in [2.05, 4.69) is 15.2 Å². The minimum absolute atomic E-state index is 0.111. The van der Waals surface area contributed by atoms with Crippen LogP contribution in [0.4, 0.5) is 0 Å². The van der Waals surface area contributed by atoms with E-state index < -0.39 is 5.97 Å². The molecule has 0 saturated carbocycles. The number of amides is 1. The van der Waals surface area contributed by atoms with Crippen LogP contribution < -0.4 is 5.32 Å². The first kappa shape index (κ1) is 21.9. The number of piperidine rings is 1. The topological polar surface area (TPSA) is 82.5 Å². The molecule has 0 aliphatic carbocycles. The number of hydrogen-bond donors (Lipinski definition) is 2. The van der Waals surface area contributed by atoms with E-state index >= 15 is 0 Å². The predicted molar refractivity (Wildman–Crippen MR) is 115 cm³/mol. The molecular weight excluding hydrogens is 433 g/mol. The van der Waals surface area contributed by atoms with Crippen molar-refractivity contribution in [2.45, 2.75) is 30.5 Å². The Morgan fingerprint density at radius 3 is 2.66 bits per heavy atom. The molecule has 2 aromatic rings. The first-order chi connectivity index (χ1) is 13.9. The van der Waals surface area contributed by atoms with Crippen molar-refractivity contribution in [1.29, 1.82) is 0 Å². The fourth-order valence-electron chi connectivity index (χ4n) is 3.20. The average Bonchev–Trinajstić information content (AvgIpc) is 2.71. The van der Waals surface area contributed by atoms with Crippen LogP contribution in [0.5, 0.6) is 0 Å². The van der Waals surface area contributed by atoms with Crippen molar-refractivity contribution in [3.8, 4) is 0 Å². The number of carbonyl (C=O) groups is 2. The molecule has 3 rings (SSSR count). The van der Waals surface area contributed by atoms with Crippen LogP contribution in [0.1, 0.15) is 28.8 Å². The lowest BCUT2D eigenvalue weighted by molar-refractivity contribution is -0.119. The Labute approximate surface area is 183 Å². The fourth-order valence-corrected chi connectivity index (χ4v) is 4.32. The molecule has 1 aromatic heterocycles. The summed E-state index contributed by atoms with van der Waals surface area (Å²) in [6.45, 7) is 2.55. The number of benzene rings is 1. The van der Waals surface area contributed by atoms with Gasteiger partial charge in [0.15, 0.2) is 0 Å². The van der Waals surface area contributed by atoms with Gasteiger partial charge in [-0.05, 0) is 42.7 Å². The molecule has 1 aliphatic heterocycles. The summed E-state index contributed by atoms with van der Waals surface area (Å²) >= 11 is 13.2. The minimum Gasteiger partial charge on any atom is -0.478 e. The quantitative estimate of drug-likeness (QED) is 0.617. The summed E-state index contributed by atoms with van der Waals surface area (Å²) in [5.74, 6) is -1.02. The largest absolute Gasteiger partial charge is 0.478 e. The van der Waals surface area contributed by atoms with E-state index in [1.54, 1.807) is 12.1 Å². The SMILES string of the molecule is O=C(CSc1ncccc1C(=O)O)NC1CCN(Cc2ccc(Cl)c(Cl)c2)CC1. The fraction of sp³-hybridized carbons (Fsp3) is 0.350. The molecule has 6 nitrogen and oxygen atoms in total. The predicted octanol–water partition coefficient (Wildman–Crippen LogP) is 3.96. The first-order valence-electron chi connectivity index (χ1n) is 9.19. The van der Waals surface area contributed by atoms with E-state index in [1.165, 1.54) is 12.3 Å². The molecule has 0 unspecified atom stereocenters. The number of hydrogen-bond acceptors (Lipinski definition) is 5. The second-order valence-corrected chi connectivity index (χ2v) is 8.59. The molecule has 1 aliphatic rings. The van der Waals surface area contributed by atoms with Crippen molar-refractivity contribution in [2.24, 2.45) is 0 Å². The second kappa shape index (κ2) is 10.3. The first-order valence-corrected chi connectivity index (χ1v) is 10.9. The zero-order valence-corrected chi connectivity index (χ0v) is 17.9. The lowest BCUT2D eigenvalue weighted by Gasteiger charge is -2.32. The maximum Gasteiger partial charge on any atom is 0.338 e. The van der Waals surface area contributed by atoms with Gasteiger partial charge in [-0.25, -0.2) is 9.78 Å². The third kappa shape index (κ3) is 6.34. The van der Waals surface area contributed by atoms with E-state index in [0.29, 0.717) is 15.1 Å². The van der Waals surface area contributed by atoms with Gasteiger partial charge in [-0.2, -0.15) is 0 Å². The summed E-state index contributed by atoms with van der Waals surface area (Å²) in [6.07, 6.45) is 3.25. The number of rotatable bonds is 7. The molecule has 0 bridgehead atoms. The van der Waals surface area contributed by atoms with Crippen LogP contribution in [0, 0.1) is 0 Å². The van der Waals surface area contributed by atoms with E-state index in [-0.39, 0.29) is 23.3 Å². The number of nitrogens with one attached hydrogen (secondary N) is 1. The number of carbonyl (C=O) groups excluding carboxylic acids is 1. The monoisotopic (exact) mass is 453 g/mol. The zero-order valence-electron chi connectivity index (χ0n) is 15.6. The molecule has 0 atom stereocenters. The molecule has 1 amide bonds. The van der Waals surface area contributed by atoms with Gasteiger partial charge < -0.3 is 10.4 Å². The maximum atomic E-state index is 12.3. The summed E-state index contributed by atoms with van der Waals surface area (Å²) in [5, 5.41) is 13.7.